The summed E-state index contributed by atoms with van der Waals surface area (Å²) in [5.74, 6) is 0. The van der Waals surface area contributed by atoms with Crippen LogP contribution in [0.25, 0.3) is 0 Å². The van der Waals surface area contributed by atoms with Gasteiger partial charge < -0.3 is 0 Å². The Labute approximate surface area is 113 Å². The van der Waals surface area contributed by atoms with Crippen molar-refractivity contribution >= 4 is 41.6 Å². The lowest BCUT2D eigenvalue weighted by Gasteiger charge is -2.25. The first-order valence-corrected chi connectivity index (χ1v) is 9.29. The van der Waals surface area contributed by atoms with E-state index in [4.69, 9.17) is 23.2 Å². The zero-order chi connectivity index (χ0) is 12.5. The minimum Gasteiger partial charge on any atom is -0.0845 e. The fourth-order valence-corrected chi connectivity index (χ4v) is 6.45. The number of halogens is 2. The van der Waals surface area contributed by atoms with E-state index >= 15 is 0 Å². The normalized spacial score (nSPS) is 11.5. The van der Waals surface area contributed by atoms with E-state index in [9.17, 15) is 0 Å². The van der Waals surface area contributed by atoms with Crippen molar-refractivity contribution in [3.8, 4) is 0 Å². The molecule has 0 fully saturated rings. The van der Waals surface area contributed by atoms with Crippen molar-refractivity contribution in [3.05, 3.63) is 58.6 Å². The molecular weight excluding hydrogens is 267 g/mol. The van der Waals surface area contributed by atoms with Crippen LogP contribution in [0.2, 0.25) is 23.1 Å². The van der Waals surface area contributed by atoms with Gasteiger partial charge in [0.05, 0.1) is 0 Å². The number of benzene rings is 2. The molecule has 3 heteroatoms. The summed E-state index contributed by atoms with van der Waals surface area (Å²) in [5.41, 5.74) is 0. The molecule has 0 saturated heterocycles. The van der Waals surface area contributed by atoms with Crippen molar-refractivity contribution in [2.45, 2.75) is 13.1 Å². The van der Waals surface area contributed by atoms with Gasteiger partial charge in [0.1, 0.15) is 8.07 Å². The molecule has 0 bridgehead atoms. The molecule has 88 valence electrons. The summed E-state index contributed by atoms with van der Waals surface area (Å²) in [4.78, 5) is 0. The van der Waals surface area contributed by atoms with Crippen LogP contribution in [0, 0.1) is 0 Å². The molecular formula is C14H14Cl2Si. The fraction of sp³-hybridized carbons (Fsp3) is 0.143. The zero-order valence-corrected chi connectivity index (χ0v) is 12.4. The largest absolute Gasteiger partial charge is 0.116 e. The molecule has 17 heavy (non-hydrogen) atoms. The third-order valence-electron chi connectivity index (χ3n) is 3.09. The average Bonchev–Trinajstić information content (AvgIpc) is 2.29. The Bertz CT molecular complexity index is 488. The Kier molecular flexibility index (Phi) is 3.62. The predicted octanol–water partition coefficient (Wildman–Crippen LogP) is 3.82. The van der Waals surface area contributed by atoms with Crippen LogP contribution in [0.4, 0.5) is 0 Å². The lowest BCUT2D eigenvalue weighted by Crippen LogP contribution is -2.53. The van der Waals surface area contributed by atoms with E-state index in [1.165, 1.54) is 10.4 Å². The van der Waals surface area contributed by atoms with E-state index in [1.54, 1.807) is 0 Å². The molecule has 2 rings (SSSR count). The molecule has 0 unspecified atom stereocenters. The molecule has 0 aromatic heterocycles. The highest BCUT2D eigenvalue weighted by Crippen LogP contribution is 2.16. The van der Waals surface area contributed by atoms with E-state index in [1.807, 2.05) is 36.4 Å². The second-order valence-corrected chi connectivity index (χ2v) is 9.73. The van der Waals surface area contributed by atoms with Gasteiger partial charge in [-0.1, -0.05) is 72.7 Å². The molecule has 0 spiro atoms. The summed E-state index contributed by atoms with van der Waals surface area (Å²) < 4.78 is 0. The highest BCUT2D eigenvalue weighted by atomic mass is 35.5. The van der Waals surface area contributed by atoms with Gasteiger partial charge in [-0.05, 0) is 22.5 Å². The summed E-state index contributed by atoms with van der Waals surface area (Å²) in [7, 11) is -1.81. The molecule has 0 amide bonds. The van der Waals surface area contributed by atoms with Gasteiger partial charge in [-0.25, -0.2) is 0 Å². The van der Waals surface area contributed by atoms with Crippen LogP contribution < -0.4 is 10.4 Å². The minimum absolute atomic E-state index is 0.837. The maximum Gasteiger partial charge on any atom is 0.116 e. The van der Waals surface area contributed by atoms with Crippen molar-refractivity contribution in [1.82, 2.24) is 0 Å². The second-order valence-electron chi connectivity index (χ2n) is 4.58. The van der Waals surface area contributed by atoms with Crippen molar-refractivity contribution in [1.29, 1.82) is 0 Å². The maximum atomic E-state index is 6.30. The van der Waals surface area contributed by atoms with Crippen molar-refractivity contribution in [2.75, 3.05) is 0 Å². The lowest BCUT2D eigenvalue weighted by atomic mass is 10.4. The van der Waals surface area contributed by atoms with Crippen LogP contribution in [0.5, 0.6) is 0 Å². The Morgan fingerprint density at radius 2 is 1.06 bits per heavy atom. The molecule has 0 aliphatic rings. The smallest absolute Gasteiger partial charge is 0.0845 e. The molecule has 2 aromatic carbocycles. The topological polar surface area (TPSA) is 0 Å². The monoisotopic (exact) mass is 280 g/mol. The molecule has 0 atom stereocenters. The Morgan fingerprint density at radius 3 is 1.41 bits per heavy atom. The second kappa shape index (κ2) is 4.85. The third-order valence-corrected chi connectivity index (χ3v) is 7.64. The van der Waals surface area contributed by atoms with Gasteiger partial charge in [0.25, 0.3) is 0 Å². The van der Waals surface area contributed by atoms with Crippen LogP contribution in [0.3, 0.4) is 0 Å². The Morgan fingerprint density at radius 1 is 0.706 bits per heavy atom. The number of rotatable bonds is 2. The van der Waals surface area contributed by atoms with Gasteiger partial charge >= 0.3 is 0 Å². The van der Waals surface area contributed by atoms with Crippen LogP contribution in [0.1, 0.15) is 0 Å². The van der Waals surface area contributed by atoms with Gasteiger partial charge in [-0.3, -0.25) is 0 Å². The first kappa shape index (κ1) is 12.7. The van der Waals surface area contributed by atoms with Crippen molar-refractivity contribution in [3.63, 3.8) is 0 Å². The van der Waals surface area contributed by atoms with Gasteiger partial charge in [-0.15, -0.1) is 0 Å². The highest BCUT2D eigenvalue weighted by Gasteiger charge is 2.29. The van der Waals surface area contributed by atoms with Crippen LogP contribution >= 0.6 is 23.2 Å². The average molecular weight is 281 g/mol. The molecule has 0 aliphatic heterocycles. The SMILES string of the molecule is C[Si](C)(c1ccccc1Cl)c1ccccc1Cl. The van der Waals surface area contributed by atoms with E-state index in [0.717, 1.165) is 10.0 Å². The first-order chi connectivity index (χ1) is 8.03. The van der Waals surface area contributed by atoms with Crippen molar-refractivity contribution in [2.24, 2.45) is 0 Å². The van der Waals surface area contributed by atoms with Crippen LogP contribution in [0.15, 0.2) is 48.5 Å². The standard InChI is InChI=1S/C14H14Cl2Si/c1-17(2,13-9-5-3-7-11(13)15)14-10-6-4-8-12(14)16/h3-10H,1-2H3. The number of hydrogen-bond acceptors (Lipinski definition) is 0. The maximum absolute atomic E-state index is 6.30. The Hall–Kier alpha value is -0.763. The summed E-state index contributed by atoms with van der Waals surface area (Å²) in [6, 6.07) is 16.1. The zero-order valence-electron chi connectivity index (χ0n) is 9.87. The predicted molar refractivity (Wildman–Crippen MR) is 79.7 cm³/mol. The summed E-state index contributed by atoms with van der Waals surface area (Å²) in [5, 5.41) is 4.14. The first-order valence-electron chi connectivity index (χ1n) is 5.53. The van der Waals surface area contributed by atoms with Crippen LogP contribution in [-0.4, -0.2) is 8.07 Å². The van der Waals surface area contributed by atoms with Gasteiger partial charge in [0.15, 0.2) is 0 Å². The minimum atomic E-state index is -1.81. The summed E-state index contributed by atoms with van der Waals surface area (Å²) >= 11 is 12.6. The van der Waals surface area contributed by atoms with Crippen molar-refractivity contribution < 1.29 is 0 Å². The molecule has 0 saturated carbocycles. The molecule has 2 aromatic rings. The van der Waals surface area contributed by atoms with Gasteiger partial charge in [-0.2, -0.15) is 0 Å². The fourth-order valence-electron chi connectivity index (χ4n) is 2.08. The van der Waals surface area contributed by atoms with Crippen LogP contribution in [-0.2, 0) is 0 Å². The highest BCUT2D eigenvalue weighted by molar-refractivity contribution is 7.02. The lowest BCUT2D eigenvalue weighted by molar-refractivity contribution is 1.67. The molecule has 0 radical (unpaired) electrons. The van der Waals surface area contributed by atoms with E-state index in [-0.39, 0.29) is 0 Å². The molecule has 0 heterocycles. The Balaban J connectivity index is 2.58. The molecule has 0 aliphatic carbocycles. The van der Waals surface area contributed by atoms with E-state index in [0.29, 0.717) is 0 Å². The molecule has 0 nitrogen and oxygen atoms in total. The van der Waals surface area contributed by atoms with Gasteiger partial charge in [0.2, 0.25) is 0 Å². The van der Waals surface area contributed by atoms with E-state index in [2.05, 4.69) is 25.2 Å². The number of hydrogen-bond donors (Lipinski definition) is 0. The van der Waals surface area contributed by atoms with E-state index < -0.39 is 8.07 Å². The summed E-state index contributed by atoms with van der Waals surface area (Å²) in [6.45, 7) is 4.55. The summed E-state index contributed by atoms with van der Waals surface area (Å²) in [6.07, 6.45) is 0. The molecule has 0 N–H and O–H groups in total. The quantitative estimate of drug-likeness (QED) is 0.734. The van der Waals surface area contributed by atoms with Gasteiger partial charge in [0, 0.05) is 10.0 Å². The third kappa shape index (κ3) is 2.42.